The predicted molar refractivity (Wildman–Crippen MR) is 82.1 cm³/mol. The molecule has 1 atom stereocenters. The summed E-state index contributed by atoms with van der Waals surface area (Å²) in [4.78, 5) is 11.9. The number of nitrogens with one attached hydrogen (secondary N) is 1. The van der Waals surface area contributed by atoms with Crippen molar-refractivity contribution in [1.29, 1.82) is 0 Å². The van der Waals surface area contributed by atoms with E-state index in [2.05, 4.69) is 5.32 Å². The molecule has 2 rings (SSSR count). The number of hydrogen-bond acceptors (Lipinski definition) is 3. The molecule has 0 saturated carbocycles. The van der Waals surface area contributed by atoms with E-state index in [1.165, 1.54) is 11.3 Å². The summed E-state index contributed by atoms with van der Waals surface area (Å²) in [6.45, 7) is 1.86. The summed E-state index contributed by atoms with van der Waals surface area (Å²) in [7, 11) is 0. The minimum Gasteiger partial charge on any atom is -0.384 e. The molecule has 1 heterocycles. The minimum atomic E-state index is -1.06. The molecule has 0 aliphatic carbocycles. The lowest BCUT2D eigenvalue weighted by Crippen LogP contribution is -2.39. The van der Waals surface area contributed by atoms with Gasteiger partial charge in [0.15, 0.2) is 0 Å². The van der Waals surface area contributed by atoms with Crippen molar-refractivity contribution in [3.05, 3.63) is 57.2 Å². The van der Waals surface area contributed by atoms with E-state index in [0.717, 1.165) is 11.1 Å². The predicted octanol–water partition coefficient (Wildman–Crippen LogP) is 2.97. The minimum absolute atomic E-state index is 0.159. The molecule has 2 N–H and O–H groups in total. The third kappa shape index (κ3) is 3.82. The van der Waals surface area contributed by atoms with Crippen LogP contribution in [0.3, 0.4) is 0 Å². The number of rotatable bonds is 5. The Morgan fingerprint density at radius 2 is 2.15 bits per heavy atom. The van der Waals surface area contributed by atoms with Gasteiger partial charge in [0.2, 0.25) is 5.91 Å². The van der Waals surface area contributed by atoms with Crippen molar-refractivity contribution in [2.24, 2.45) is 0 Å². The Kier molecular flexibility index (Phi) is 4.81. The molecule has 1 amide bonds. The lowest BCUT2D eigenvalue weighted by atomic mass is 9.99. The summed E-state index contributed by atoms with van der Waals surface area (Å²) >= 11 is 7.53. The molecular weight excluding hydrogens is 294 g/mol. The monoisotopic (exact) mass is 309 g/mol. The Bertz CT molecular complexity index is 581. The van der Waals surface area contributed by atoms with Gasteiger partial charge in [-0.15, -0.1) is 0 Å². The van der Waals surface area contributed by atoms with Crippen LogP contribution in [-0.2, 0) is 16.8 Å². The molecule has 0 fully saturated rings. The van der Waals surface area contributed by atoms with Crippen LogP contribution in [0.1, 0.15) is 18.1 Å². The van der Waals surface area contributed by atoms with E-state index in [1.807, 2.05) is 35.0 Å². The molecule has 0 aliphatic heterocycles. The van der Waals surface area contributed by atoms with Gasteiger partial charge in [-0.1, -0.05) is 29.8 Å². The summed E-state index contributed by atoms with van der Waals surface area (Å²) in [6.07, 6.45) is 0.208. The maximum atomic E-state index is 11.9. The van der Waals surface area contributed by atoms with Crippen molar-refractivity contribution in [3.63, 3.8) is 0 Å². The van der Waals surface area contributed by atoms with Gasteiger partial charge in [-0.05, 0) is 40.9 Å². The molecule has 0 aliphatic rings. The quantitative estimate of drug-likeness (QED) is 0.892. The zero-order chi connectivity index (χ0) is 14.6. The van der Waals surface area contributed by atoms with Gasteiger partial charge in [-0.3, -0.25) is 4.79 Å². The first kappa shape index (κ1) is 15.0. The Morgan fingerprint density at radius 3 is 2.80 bits per heavy atom. The zero-order valence-corrected chi connectivity index (χ0v) is 12.7. The highest BCUT2D eigenvalue weighted by atomic mass is 35.5. The summed E-state index contributed by atoms with van der Waals surface area (Å²) in [5.74, 6) is -0.159. The van der Waals surface area contributed by atoms with Crippen molar-refractivity contribution in [1.82, 2.24) is 5.32 Å². The first-order valence-electron chi connectivity index (χ1n) is 6.24. The number of aliphatic hydroxyl groups is 1. The van der Waals surface area contributed by atoms with Crippen molar-refractivity contribution in [2.75, 3.05) is 6.54 Å². The average Bonchev–Trinajstić information content (AvgIpc) is 2.94. The fraction of sp³-hybridized carbons (Fsp3) is 0.267. The van der Waals surface area contributed by atoms with Crippen LogP contribution < -0.4 is 5.32 Å². The van der Waals surface area contributed by atoms with Crippen LogP contribution >= 0.6 is 22.9 Å². The Morgan fingerprint density at radius 1 is 1.40 bits per heavy atom. The number of amides is 1. The molecule has 1 aromatic heterocycles. The number of hydrogen-bond donors (Lipinski definition) is 2. The van der Waals surface area contributed by atoms with Crippen LogP contribution in [0, 0.1) is 0 Å². The van der Waals surface area contributed by atoms with Gasteiger partial charge in [0.05, 0.1) is 13.0 Å². The number of thiophene rings is 1. The van der Waals surface area contributed by atoms with Crippen LogP contribution in [0.15, 0.2) is 41.1 Å². The molecular formula is C15H16ClNO2S. The van der Waals surface area contributed by atoms with Gasteiger partial charge in [0.1, 0.15) is 5.60 Å². The summed E-state index contributed by atoms with van der Waals surface area (Å²) in [5, 5.41) is 17.4. The second-order valence-electron chi connectivity index (χ2n) is 4.83. The highest BCUT2D eigenvalue weighted by molar-refractivity contribution is 7.08. The van der Waals surface area contributed by atoms with E-state index in [4.69, 9.17) is 11.6 Å². The molecule has 0 radical (unpaired) electrons. The van der Waals surface area contributed by atoms with Gasteiger partial charge >= 0.3 is 0 Å². The van der Waals surface area contributed by atoms with E-state index in [1.54, 1.807) is 13.0 Å². The summed E-state index contributed by atoms with van der Waals surface area (Å²) in [6, 6.07) is 9.09. The summed E-state index contributed by atoms with van der Waals surface area (Å²) < 4.78 is 0. The maximum absolute atomic E-state index is 11.9. The van der Waals surface area contributed by atoms with Gasteiger partial charge < -0.3 is 10.4 Å². The van der Waals surface area contributed by atoms with Gasteiger partial charge in [0, 0.05) is 5.02 Å². The molecule has 1 unspecified atom stereocenters. The van der Waals surface area contributed by atoms with Gasteiger partial charge in [-0.2, -0.15) is 11.3 Å². The average molecular weight is 310 g/mol. The summed E-state index contributed by atoms with van der Waals surface area (Å²) in [5.41, 5.74) is 0.526. The Hall–Kier alpha value is -1.36. The van der Waals surface area contributed by atoms with Crippen molar-refractivity contribution < 1.29 is 9.90 Å². The first-order chi connectivity index (χ1) is 9.49. The molecule has 3 nitrogen and oxygen atoms in total. The molecule has 5 heteroatoms. The largest absolute Gasteiger partial charge is 0.384 e. The second kappa shape index (κ2) is 6.39. The maximum Gasteiger partial charge on any atom is 0.224 e. The molecule has 0 saturated heterocycles. The normalized spacial score (nSPS) is 13.8. The molecule has 20 heavy (non-hydrogen) atoms. The third-order valence-electron chi connectivity index (χ3n) is 3.08. The van der Waals surface area contributed by atoms with Crippen LogP contribution in [0.5, 0.6) is 0 Å². The smallest absolute Gasteiger partial charge is 0.224 e. The molecule has 2 aromatic rings. The van der Waals surface area contributed by atoms with Crippen molar-refractivity contribution in [2.45, 2.75) is 18.9 Å². The Labute approximate surface area is 127 Å². The first-order valence-corrected chi connectivity index (χ1v) is 7.56. The molecule has 0 bridgehead atoms. The van der Waals surface area contributed by atoms with E-state index in [0.29, 0.717) is 5.02 Å². The van der Waals surface area contributed by atoms with Crippen LogP contribution in [0.4, 0.5) is 0 Å². The van der Waals surface area contributed by atoms with Crippen LogP contribution in [0.2, 0.25) is 5.02 Å². The Balaban J connectivity index is 1.91. The molecule has 1 aromatic carbocycles. The zero-order valence-electron chi connectivity index (χ0n) is 11.1. The van der Waals surface area contributed by atoms with Crippen molar-refractivity contribution in [3.8, 4) is 0 Å². The van der Waals surface area contributed by atoms with Gasteiger partial charge in [-0.25, -0.2) is 0 Å². The SMILES string of the molecule is CC(O)(CNC(=O)Cc1ccccc1Cl)c1ccsc1. The molecule has 106 valence electrons. The van der Waals surface area contributed by atoms with E-state index < -0.39 is 5.60 Å². The second-order valence-corrected chi connectivity index (χ2v) is 6.02. The standard InChI is InChI=1S/C15H16ClNO2S/c1-15(19,12-6-7-20-9-12)10-17-14(18)8-11-4-2-3-5-13(11)16/h2-7,9,19H,8,10H2,1H3,(H,17,18). The molecule has 0 spiro atoms. The van der Waals surface area contributed by atoms with E-state index in [9.17, 15) is 9.90 Å². The lowest BCUT2D eigenvalue weighted by molar-refractivity contribution is -0.121. The fourth-order valence-electron chi connectivity index (χ4n) is 1.82. The highest BCUT2D eigenvalue weighted by Gasteiger charge is 2.24. The highest BCUT2D eigenvalue weighted by Crippen LogP contribution is 2.22. The van der Waals surface area contributed by atoms with Crippen LogP contribution in [0.25, 0.3) is 0 Å². The van der Waals surface area contributed by atoms with Crippen molar-refractivity contribution >= 4 is 28.8 Å². The number of carbonyl (C=O) groups excluding carboxylic acids is 1. The van der Waals surface area contributed by atoms with Gasteiger partial charge in [0.25, 0.3) is 0 Å². The fourth-order valence-corrected chi connectivity index (χ4v) is 2.81. The number of carbonyl (C=O) groups is 1. The lowest BCUT2D eigenvalue weighted by Gasteiger charge is -2.22. The number of benzene rings is 1. The topological polar surface area (TPSA) is 49.3 Å². The van der Waals surface area contributed by atoms with E-state index >= 15 is 0 Å². The third-order valence-corrected chi connectivity index (χ3v) is 4.13. The number of halogens is 1. The van der Waals surface area contributed by atoms with Crippen LogP contribution in [-0.4, -0.2) is 17.6 Å². The van der Waals surface area contributed by atoms with E-state index in [-0.39, 0.29) is 18.9 Å².